The number of nitrogens with zero attached hydrogens (tertiary/aromatic N) is 1. The maximum Gasteiger partial charge on any atom is 0.303 e. The molecule has 0 spiro atoms. The highest BCUT2D eigenvalue weighted by molar-refractivity contribution is 6.03. The third-order valence-corrected chi connectivity index (χ3v) is 2.81. The van der Waals surface area contributed by atoms with Gasteiger partial charge in [-0.25, -0.2) is 0 Å². The van der Waals surface area contributed by atoms with Gasteiger partial charge in [-0.2, -0.15) is 0 Å². The molecule has 0 saturated carbocycles. The van der Waals surface area contributed by atoms with Crippen LogP contribution in [0.4, 0.5) is 5.69 Å². The van der Waals surface area contributed by atoms with Gasteiger partial charge in [0, 0.05) is 6.42 Å². The lowest BCUT2D eigenvalue weighted by molar-refractivity contribution is -0.137. The number of benzene rings is 1. The van der Waals surface area contributed by atoms with E-state index >= 15 is 0 Å². The average molecular weight is 293 g/mol. The van der Waals surface area contributed by atoms with E-state index < -0.39 is 11.9 Å². The van der Waals surface area contributed by atoms with Crippen LogP contribution in [-0.4, -0.2) is 47.9 Å². The lowest BCUT2D eigenvalue weighted by Gasteiger charge is -2.16. The number of aliphatic carboxylic acids is 1. The number of primary amides is 1. The summed E-state index contributed by atoms with van der Waals surface area (Å²) in [6.07, 6.45) is 0.535. The number of nitrogens with one attached hydrogen (secondary N) is 1. The first-order valence-corrected chi connectivity index (χ1v) is 6.49. The van der Waals surface area contributed by atoms with E-state index in [1.807, 2.05) is 0 Å². The monoisotopic (exact) mass is 293 g/mol. The number of hydrogen-bond acceptors (Lipinski definition) is 4. The van der Waals surface area contributed by atoms with Crippen LogP contribution >= 0.6 is 0 Å². The molecule has 1 aromatic carbocycles. The van der Waals surface area contributed by atoms with Crippen molar-refractivity contribution in [1.82, 2.24) is 4.90 Å². The maximum atomic E-state index is 11.9. The summed E-state index contributed by atoms with van der Waals surface area (Å²) in [4.78, 5) is 35.2. The van der Waals surface area contributed by atoms with E-state index in [-0.39, 0.29) is 24.4 Å². The van der Waals surface area contributed by atoms with E-state index in [1.165, 1.54) is 6.07 Å². The Morgan fingerprint density at radius 2 is 1.95 bits per heavy atom. The standard InChI is InChI=1S/C14H19N3O4/c1-17(8-4-7-13(19)20)9-12(18)16-11-6-3-2-5-10(11)14(15)21/h2-3,5-6H,4,7-9H2,1H3,(H2,15,21)(H,16,18)(H,19,20). The normalized spacial score (nSPS) is 10.4. The molecule has 0 radical (unpaired) electrons. The minimum atomic E-state index is -0.858. The lowest BCUT2D eigenvalue weighted by atomic mass is 10.1. The van der Waals surface area contributed by atoms with E-state index in [1.54, 1.807) is 30.1 Å². The van der Waals surface area contributed by atoms with Crippen molar-refractivity contribution in [3.05, 3.63) is 29.8 Å². The second-order valence-corrected chi connectivity index (χ2v) is 4.69. The minimum Gasteiger partial charge on any atom is -0.481 e. The Bertz CT molecular complexity index is 531. The van der Waals surface area contributed by atoms with Gasteiger partial charge in [-0.05, 0) is 32.1 Å². The fourth-order valence-electron chi connectivity index (χ4n) is 1.82. The van der Waals surface area contributed by atoms with Crippen molar-refractivity contribution in [2.45, 2.75) is 12.8 Å². The zero-order valence-electron chi connectivity index (χ0n) is 11.8. The van der Waals surface area contributed by atoms with Gasteiger partial charge >= 0.3 is 5.97 Å². The number of carbonyl (C=O) groups excluding carboxylic acids is 2. The van der Waals surface area contributed by atoms with Crippen LogP contribution in [0.2, 0.25) is 0 Å². The summed E-state index contributed by atoms with van der Waals surface area (Å²) in [7, 11) is 1.72. The predicted octanol–water partition coefficient (Wildman–Crippen LogP) is 0.521. The lowest BCUT2D eigenvalue weighted by Crippen LogP contribution is -2.31. The molecule has 0 aliphatic heterocycles. The minimum absolute atomic E-state index is 0.0659. The fraction of sp³-hybridized carbons (Fsp3) is 0.357. The van der Waals surface area contributed by atoms with Gasteiger partial charge in [0.2, 0.25) is 5.91 Å². The van der Waals surface area contributed by atoms with Gasteiger partial charge in [0.15, 0.2) is 0 Å². The van der Waals surface area contributed by atoms with Crippen molar-refractivity contribution in [3.8, 4) is 0 Å². The van der Waals surface area contributed by atoms with Crippen molar-refractivity contribution in [1.29, 1.82) is 0 Å². The molecule has 0 heterocycles. The van der Waals surface area contributed by atoms with Gasteiger partial charge in [-0.1, -0.05) is 12.1 Å². The number of para-hydroxylation sites is 1. The van der Waals surface area contributed by atoms with Gasteiger partial charge in [-0.15, -0.1) is 0 Å². The van der Waals surface area contributed by atoms with Gasteiger partial charge < -0.3 is 16.2 Å². The van der Waals surface area contributed by atoms with Crippen LogP contribution in [-0.2, 0) is 9.59 Å². The number of carboxylic acid groups (broad SMARTS) is 1. The molecule has 0 aromatic heterocycles. The van der Waals surface area contributed by atoms with E-state index in [9.17, 15) is 14.4 Å². The van der Waals surface area contributed by atoms with E-state index in [0.717, 1.165) is 0 Å². The number of carboxylic acids is 1. The second kappa shape index (κ2) is 8.01. The van der Waals surface area contributed by atoms with Crippen LogP contribution in [0.3, 0.4) is 0 Å². The summed E-state index contributed by atoms with van der Waals surface area (Å²) >= 11 is 0. The number of rotatable bonds is 8. The van der Waals surface area contributed by atoms with Crippen molar-refractivity contribution in [3.63, 3.8) is 0 Å². The van der Waals surface area contributed by atoms with Crippen LogP contribution in [0, 0.1) is 0 Å². The Morgan fingerprint density at radius 1 is 1.29 bits per heavy atom. The third-order valence-electron chi connectivity index (χ3n) is 2.81. The first kappa shape index (κ1) is 16.6. The molecule has 21 heavy (non-hydrogen) atoms. The molecule has 0 saturated heterocycles. The predicted molar refractivity (Wildman–Crippen MR) is 78.0 cm³/mol. The van der Waals surface area contributed by atoms with E-state index in [0.29, 0.717) is 18.7 Å². The zero-order valence-corrected chi connectivity index (χ0v) is 11.8. The molecule has 114 valence electrons. The van der Waals surface area contributed by atoms with Crippen LogP contribution in [0.15, 0.2) is 24.3 Å². The molecular weight excluding hydrogens is 274 g/mol. The van der Waals surface area contributed by atoms with Crippen LogP contribution < -0.4 is 11.1 Å². The van der Waals surface area contributed by atoms with Gasteiger partial charge in [0.05, 0.1) is 17.8 Å². The number of carbonyl (C=O) groups is 3. The molecule has 0 aliphatic carbocycles. The summed E-state index contributed by atoms with van der Waals surface area (Å²) in [5.74, 6) is -1.76. The largest absolute Gasteiger partial charge is 0.481 e. The number of nitrogens with two attached hydrogens (primary N) is 1. The Labute approximate surface area is 122 Å². The quantitative estimate of drug-likeness (QED) is 0.647. The zero-order chi connectivity index (χ0) is 15.8. The first-order chi connectivity index (χ1) is 9.90. The highest BCUT2D eigenvalue weighted by Crippen LogP contribution is 2.14. The molecule has 0 unspecified atom stereocenters. The van der Waals surface area contributed by atoms with Gasteiger partial charge in [0.1, 0.15) is 0 Å². The number of anilines is 1. The molecule has 0 fully saturated rings. The SMILES string of the molecule is CN(CCCC(=O)O)CC(=O)Nc1ccccc1C(N)=O. The molecule has 2 amide bonds. The Hall–Kier alpha value is -2.41. The molecule has 7 heteroatoms. The van der Waals surface area contributed by atoms with Crippen LogP contribution in [0.5, 0.6) is 0 Å². The molecule has 0 aliphatic rings. The average Bonchev–Trinajstić information content (AvgIpc) is 2.38. The molecule has 1 rings (SSSR count). The Kier molecular flexibility index (Phi) is 6.35. The third kappa shape index (κ3) is 6.05. The van der Waals surface area contributed by atoms with Crippen molar-refractivity contribution >= 4 is 23.5 Å². The number of hydrogen-bond donors (Lipinski definition) is 3. The van der Waals surface area contributed by atoms with E-state index in [2.05, 4.69) is 5.32 Å². The molecule has 0 atom stereocenters. The van der Waals surface area contributed by atoms with Crippen molar-refractivity contribution in [2.75, 3.05) is 25.5 Å². The van der Waals surface area contributed by atoms with Gasteiger partial charge in [-0.3, -0.25) is 19.3 Å². The summed E-state index contributed by atoms with van der Waals surface area (Å²) in [6, 6.07) is 6.49. The highest BCUT2D eigenvalue weighted by Gasteiger charge is 2.12. The summed E-state index contributed by atoms with van der Waals surface area (Å²) in [6.45, 7) is 0.601. The molecule has 0 bridgehead atoms. The first-order valence-electron chi connectivity index (χ1n) is 6.49. The fourth-order valence-corrected chi connectivity index (χ4v) is 1.82. The van der Waals surface area contributed by atoms with E-state index in [4.69, 9.17) is 10.8 Å². The molecular formula is C14H19N3O4. The summed E-state index contributed by atoms with van der Waals surface area (Å²) < 4.78 is 0. The molecule has 7 nitrogen and oxygen atoms in total. The Morgan fingerprint density at radius 3 is 2.57 bits per heavy atom. The summed E-state index contributed by atoms with van der Waals surface area (Å²) in [5, 5.41) is 11.2. The highest BCUT2D eigenvalue weighted by atomic mass is 16.4. The maximum absolute atomic E-state index is 11.9. The second-order valence-electron chi connectivity index (χ2n) is 4.69. The van der Waals surface area contributed by atoms with Crippen LogP contribution in [0.25, 0.3) is 0 Å². The smallest absolute Gasteiger partial charge is 0.303 e. The molecule has 4 N–H and O–H groups in total. The number of amides is 2. The molecule has 1 aromatic rings. The topological polar surface area (TPSA) is 113 Å². The van der Waals surface area contributed by atoms with Gasteiger partial charge in [0.25, 0.3) is 5.91 Å². The van der Waals surface area contributed by atoms with Crippen LogP contribution in [0.1, 0.15) is 23.2 Å². The van der Waals surface area contributed by atoms with Crippen molar-refractivity contribution in [2.24, 2.45) is 5.73 Å². The summed E-state index contributed by atoms with van der Waals surface area (Å²) in [5.41, 5.74) is 5.85. The van der Waals surface area contributed by atoms with Crippen molar-refractivity contribution < 1.29 is 19.5 Å². The Balaban J connectivity index is 2.50. The number of likely N-dealkylation sites (N-methyl/N-ethyl adjacent to an activating group) is 1.